The van der Waals surface area contributed by atoms with Crippen LogP contribution in [0.5, 0.6) is 0 Å². The van der Waals surface area contributed by atoms with Crippen LogP contribution >= 0.6 is 38.5 Å². The first-order chi connectivity index (χ1) is 8.63. The molecule has 0 spiro atoms. The summed E-state index contributed by atoms with van der Waals surface area (Å²) in [7, 11) is 0. The van der Waals surface area contributed by atoms with Crippen LogP contribution in [0.25, 0.3) is 0 Å². The highest BCUT2D eigenvalue weighted by Crippen LogP contribution is 2.15. The summed E-state index contributed by atoms with van der Waals surface area (Å²) in [5, 5.41) is 2.89. The van der Waals surface area contributed by atoms with Gasteiger partial charge in [0.1, 0.15) is 0 Å². The van der Waals surface area contributed by atoms with E-state index in [1.165, 1.54) is 0 Å². The first-order valence-electron chi connectivity index (χ1n) is 5.43. The van der Waals surface area contributed by atoms with Crippen molar-refractivity contribution >= 4 is 50.1 Å². The summed E-state index contributed by atoms with van der Waals surface area (Å²) in [4.78, 5) is 11.9. The Labute approximate surface area is 128 Å². The molecule has 18 heavy (non-hydrogen) atoms. The summed E-state index contributed by atoms with van der Waals surface area (Å²) in [6.07, 6.45) is 0.380. The highest BCUT2D eigenvalue weighted by Gasteiger charge is 2.04. The minimum Gasteiger partial charge on any atom is -0.326 e. The van der Waals surface area contributed by atoms with E-state index in [0.717, 1.165) is 19.3 Å². The minimum absolute atomic E-state index is 0.00454. The summed E-state index contributed by atoms with van der Waals surface area (Å²) < 4.78 is 2.09. The lowest BCUT2D eigenvalue weighted by molar-refractivity contribution is -0.115. The molecule has 0 unspecified atom stereocenters. The van der Waals surface area contributed by atoms with Gasteiger partial charge in [0.05, 0.1) is 6.42 Å². The van der Waals surface area contributed by atoms with E-state index in [0.29, 0.717) is 6.42 Å². The maximum Gasteiger partial charge on any atom is 0.228 e. The van der Waals surface area contributed by atoms with E-state index in [-0.39, 0.29) is 5.91 Å². The largest absolute Gasteiger partial charge is 0.326 e. The lowest BCUT2D eigenvalue weighted by atomic mass is 10.1. The summed E-state index contributed by atoms with van der Waals surface area (Å²) >= 11 is 5.62. The summed E-state index contributed by atoms with van der Waals surface area (Å²) in [5.74, 6) is -0.00454. The maximum atomic E-state index is 11.9. The van der Waals surface area contributed by atoms with E-state index < -0.39 is 0 Å². The van der Waals surface area contributed by atoms with Gasteiger partial charge >= 0.3 is 0 Å². The van der Waals surface area contributed by atoms with E-state index in [1.807, 2.05) is 48.5 Å². The second-order valence-electron chi connectivity index (χ2n) is 3.87. The fraction of sp³-hybridized carbons (Fsp3) is 0.0714. The number of anilines is 1. The molecule has 0 saturated heterocycles. The van der Waals surface area contributed by atoms with Crippen molar-refractivity contribution in [1.82, 2.24) is 0 Å². The Morgan fingerprint density at radius 1 is 1.17 bits per heavy atom. The number of carbonyl (C=O) groups excluding carboxylic acids is 1. The van der Waals surface area contributed by atoms with Gasteiger partial charge in [-0.15, -0.1) is 0 Å². The molecule has 0 radical (unpaired) electrons. The van der Waals surface area contributed by atoms with Crippen molar-refractivity contribution in [3.05, 3.63) is 62.1 Å². The topological polar surface area (TPSA) is 29.1 Å². The van der Waals surface area contributed by atoms with Crippen LogP contribution in [0.1, 0.15) is 5.56 Å². The van der Waals surface area contributed by atoms with Gasteiger partial charge in [0, 0.05) is 13.7 Å². The Hall–Kier alpha value is -0.880. The Morgan fingerprint density at radius 3 is 2.67 bits per heavy atom. The van der Waals surface area contributed by atoms with Gasteiger partial charge in [-0.2, -0.15) is 0 Å². The molecule has 0 bridgehead atoms. The first kappa shape index (κ1) is 13.5. The molecule has 0 atom stereocenters. The van der Waals surface area contributed by atoms with Gasteiger partial charge in [0.25, 0.3) is 0 Å². The zero-order valence-electron chi connectivity index (χ0n) is 9.49. The van der Waals surface area contributed by atoms with Crippen molar-refractivity contribution in [3.63, 3.8) is 0 Å². The van der Waals surface area contributed by atoms with Crippen molar-refractivity contribution in [2.24, 2.45) is 0 Å². The molecule has 0 aliphatic rings. The molecule has 2 nitrogen and oxygen atoms in total. The first-order valence-corrected chi connectivity index (χ1v) is 7.30. The van der Waals surface area contributed by atoms with E-state index >= 15 is 0 Å². The Bertz CT molecular complexity index is 522. The Kier molecular flexibility index (Phi) is 4.77. The molecule has 0 aromatic heterocycles. The van der Waals surface area contributed by atoms with Gasteiger partial charge < -0.3 is 5.32 Å². The van der Waals surface area contributed by atoms with Crippen LogP contribution in [-0.4, -0.2) is 5.91 Å². The smallest absolute Gasteiger partial charge is 0.228 e. The zero-order chi connectivity index (χ0) is 13.0. The van der Waals surface area contributed by atoms with Crippen LogP contribution in [0.15, 0.2) is 53.0 Å². The van der Waals surface area contributed by atoms with Crippen molar-refractivity contribution in [1.29, 1.82) is 0 Å². The van der Waals surface area contributed by atoms with Crippen molar-refractivity contribution in [2.45, 2.75) is 6.42 Å². The SMILES string of the molecule is O=C(Cc1cccc(Br)c1)Nc1cccc(I)c1. The monoisotopic (exact) mass is 415 g/mol. The van der Waals surface area contributed by atoms with Gasteiger partial charge in [0.2, 0.25) is 5.91 Å². The zero-order valence-corrected chi connectivity index (χ0v) is 13.2. The van der Waals surface area contributed by atoms with Crippen LogP contribution in [0.2, 0.25) is 0 Å². The van der Waals surface area contributed by atoms with Crippen molar-refractivity contribution < 1.29 is 4.79 Å². The molecular weight excluding hydrogens is 405 g/mol. The normalized spacial score (nSPS) is 10.1. The van der Waals surface area contributed by atoms with Crippen LogP contribution in [-0.2, 0) is 11.2 Å². The lowest BCUT2D eigenvalue weighted by Crippen LogP contribution is -2.14. The number of nitrogens with one attached hydrogen (secondary N) is 1. The van der Waals surface area contributed by atoms with Gasteiger partial charge in [0.15, 0.2) is 0 Å². The Balaban J connectivity index is 2.01. The molecular formula is C14H11BrINO. The predicted octanol–water partition coefficient (Wildman–Crippen LogP) is 4.23. The van der Waals surface area contributed by atoms with Crippen molar-refractivity contribution in [2.75, 3.05) is 5.32 Å². The molecule has 0 aliphatic carbocycles. The average Bonchev–Trinajstić information content (AvgIpc) is 2.28. The number of hydrogen-bond acceptors (Lipinski definition) is 1. The third kappa shape index (κ3) is 4.10. The number of hydrogen-bond donors (Lipinski definition) is 1. The van der Waals surface area contributed by atoms with E-state index in [9.17, 15) is 4.79 Å². The van der Waals surface area contributed by atoms with Crippen molar-refractivity contribution in [3.8, 4) is 0 Å². The highest BCUT2D eigenvalue weighted by atomic mass is 127. The molecule has 92 valence electrons. The molecule has 2 aromatic rings. The molecule has 4 heteroatoms. The summed E-state index contributed by atoms with van der Waals surface area (Å²) in [6, 6.07) is 15.5. The maximum absolute atomic E-state index is 11.9. The van der Waals surface area contributed by atoms with Crippen LogP contribution in [0.3, 0.4) is 0 Å². The molecule has 0 saturated carbocycles. The average molecular weight is 416 g/mol. The third-order valence-electron chi connectivity index (χ3n) is 2.36. The summed E-state index contributed by atoms with van der Waals surface area (Å²) in [6.45, 7) is 0. The third-order valence-corrected chi connectivity index (χ3v) is 3.53. The standard InChI is InChI=1S/C14H11BrINO/c15-11-4-1-3-10(7-11)8-14(18)17-13-6-2-5-12(16)9-13/h1-7,9H,8H2,(H,17,18). The van der Waals surface area contributed by atoms with E-state index in [4.69, 9.17) is 0 Å². The molecule has 2 aromatic carbocycles. The molecule has 0 aliphatic heterocycles. The number of rotatable bonds is 3. The van der Waals surface area contributed by atoms with Crippen LogP contribution in [0, 0.1) is 3.57 Å². The number of carbonyl (C=O) groups is 1. The molecule has 1 N–H and O–H groups in total. The predicted molar refractivity (Wildman–Crippen MR) is 85.6 cm³/mol. The van der Waals surface area contributed by atoms with Crippen LogP contribution < -0.4 is 5.32 Å². The van der Waals surface area contributed by atoms with Gasteiger partial charge in [-0.25, -0.2) is 0 Å². The molecule has 2 rings (SSSR count). The fourth-order valence-corrected chi connectivity index (χ4v) is 2.59. The number of benzene rings is 2. The minimum atomic E-state index is -0.00454. The number of halogens is 2. The van der Waals surface area contributed by atoms with Gasteiger partial charge in [-0.05, 0) is 58.5 Å². The van der Waals surface area contributed by atoms with Gasteiger partial charge in [-0.1, -0.05) is 34.1 Å². The quantitative estimate of drug-likeness (QED) is 0.746. The molecule has 0 fully saturated rings. The van der Waals surface area contributed by atoms with E-state index in [1.54, 1.807) is 0 Å². The number of amides is 1. The van der Waals surface area contributed by atoms with E-state index in [2.05, 4.69) is 43.8 Å². The molecule has 1 amide bonds. The highest BCUT2D eigenvalue weighted by molar-refractivity contribution is 14.1. The van der Waals surface area contributed by atoms with Gasteiger partial charge in [-0.3, -0.25) is 4.79 Å². The fourth-order valence-electron chi connectivity index (χ4n) is 1.60. The Morgan fingerprint density at radius 2 is 1.94 bits per heavy atom. The van der Waals surface area contributed by atoms with Crippen LogP contribution in [0.4, 0.5) is 5.69 Å². The lowest BCUT2D eigenvalue weighted by Gasteiger charge is -2.06. The molecule has 0 heterocycles. The second-order valence-corrected chi connectivity index (χ2v) is 6.03. The second kappa shape index (κ2) is 6.33. The summed E-state index contributed by atoms with van der Waals surface area (Å²) in [5.41, 5.74) is 1.83.